The second-order valence-electron chi connectivity index (χ2n) is 7.30. The first-order chi connectivity index (χ1) is 13.6. The van der Waals surface area contributed by atoms with Crippen molar-refractivity contribution in [1.29, 1.82) is 5.26 Å². The van der Waals surface area contributed by atoms with Crippen LogP contribution in [0.4, 0.5) is 5.69 Å². The molecular formula is C22H24N4OS. The van der Waals surface area contributed by atoms with Gasteiger partial charge in [-0.05, 0) is 38.1 Å². The Morgan fingerprint density at radius 3 is 2.64 bits per heavy atom. The van der Waals surface area contributed by atoms with Gasteiger partial charge in [0.15, 0.2) is 0 Å². The van der Waals surface area contributed by atoms with Crippen LogP contribution >= 0.6 is 11.3 Å². The third-order valence-corrected chi connectivity index (χ3v) is 5.89. The Labute approximate surface area is 169 Å². The molecule has 1 aliphatic heterocycles. The molecule has 0 unspecified atom stereocenters. The monoisotopic (exact) mass is 392 g/mol. The summed E-state index contributed by atoms with van der Waals surface area (Å²) in [7, 11) is 0. The van der Waals surface area contributed by atoms with Gasteiger partial charge in [-0.15, -0.1) is 11.3 Å². The Hall–Kier alpha value is -2.62. The van der Waals surface area contributed by atoms with Crippen molar-refractivity contribution < 1.29 is 4.74 Å². The lowest BCUT2D eigenvalue weighted by molar-refractivity contribution is 0.241. The lowest BCUT2D eigenvalue weighted by Crippen LogP contribution is -2.46. The van der Waals surface area contributed by atoms with E-state index in [1.807, 2.05) is 38.1 Å². The molecule has 0 bridgehead atoms. The molecule has 4 rings (SSSR count). The maximum absolute atomic E-state index is 9.50. The van der Waals surface area contributed by atoms with E-state index in [4.69, 9.17) is 9.72 Å². The summed E-state index contributed by atoms with van der Waals surface area (Å²) in [6, 6.07) is 16.4. The Morgan fingerprint density at radius 1 is 1.14 bits per heavy atom. The van der Waals surface area contributed by atoms with Crippen molar-refractivity contribution in [2.75, 3.05) is 31.1 Å². The molecule has 0 radical (unpaired) electrons. The van der Waals surface area contributed by atoms with Crippen LogP contribution in [0.15, 0.2) is 42.5 Å². The second-order valence-corrected chi connectivity index (χ2v) is 8.41. The van der Waals surface area contributed by atoms with Crippen LogP contribution in [0.2, 0.25) is 0 Å². The predicted octanol–water partition coefficient (Wildman–Crippen LogP) is 4.28. The first-order valence-corrected chi connectivity index (χ1v) is 10.5. The minimum absolute atomic E-state index is 0.117. The van der Waals surface area contributed by atoms with Crippen LogP contribution < -0.4 is 9.64 Å². The summed E-state index contributed by atoms with van der Waals surface area (Å²) in [4.78, 5) is 9.49. The fraction of sp³-hybridized carbons (Fsp3) is 0.364. The average Bonchev–Trinajstić information content (AvgIpc) is 3.10. The van der Waals surface area contributed by atoms with Crippen LogP contribution in [0.5, 0.6) is 5.75 Å². The second kappa shape index (κ2) is 8.17. The first-order valence-electron chi connectivity index (χ1n) is 9.65. The van der Waals surface area contributed by atoms with Gasteiger partial charge in [-0.25, -0.2) is 4.98 Å². The fourth-order valence-electron chi connectivity index (χ4n) is 3.54. The van der Waals surface area contributed by atoms with E-state index in [9.17, 15) is 5.26 Å². The largest absolute Gasteiger partial charge is 0.491 e. The van der Waals surface area contributed by atoms with Gasteiger partial charge in [0, 0.05) is 32.2 Å². The molecule has 1 fully saturated rings. The summed E-state index contributed by atoms with van der Waals surface area (Å²) in [5, 5.41) is 10.7. The normalized spacial score (nSPS) is 15.1. The summed E-state index contributed by atoms with van der Waals surface area (Å²) in [5.41, 5.74) is 2.76. The van der Waals surface area contributed by atoms with E-state index in [0.29, 0.717) is 5.56 Å². The number of thiazole rings is 1. The molecule has 1 aliphatic rings. The zero-order chi connectivity index (χ0) is 19.5. The number of rotatable bonds is 5. The molecule has 0 aliphatic carbocycles. The molecular weight excluding hydrogens is 368 g/mol. The van der Waals surface area contributed by atoms with Gasteiger partial charge in [-0.3, -0.25) is 4.90 Å². The van der Waals surface area contributed by atoms with Crippen molar-refractivity contribution in [3.63, 3.8) is 0 Å². The van der Waals surface area contributed by atoms with Gasteiger partial charge in [0.05, 0.1) is 34.1 Å². The van der Waals surface area contributed by atoms with Crippen LogP contribution in [0.3, 0.4) is 0 Å². The van der Waals surface area contributed by atoms with Gasteiger partial charge < -0.3 is 9.64 Å². The summed E-state index contributed by atoms with van der Waals surface area (Å²) >= 11 is 1.78. The lowest BCUT2D eigenvalue weighted by atomic mass is 10.1. The van der Waals surface area contributed by atoms with E-state index in [1.165, 1.54) is 9.71 Å². The highest BCUT2D eigenvalue weighted by atomic mass is 32.1. The number of nitriles is 1. The van der Waals surface area contributed by atoms with Crippen molar-refractivity contribution in [3.8, 4) is 11.8 Å². The molecule has 1 saturated heterocycles. The number of aromatic nitrogens is 1. The van der Waals surface area contributed by atoms with Crippen LogP contribution in [-0.4, -0.2) is 42.2 Å². The Balaban J connectivity index is 1.43. The van der Waals surface area contributed by atoms with Crippen molar-refractivity contribution in [1.82, 2.24) is 9.88 Å². The minimum Gasteiger partial charge on any atom is -0.491 e. The number of hydrogen-bond acceptors (Lipinski definition) is 6. The number of anilines is 1. The van der Waals surface area contributed by atoms with Crippen molar-refractivity contribution in [2.45, 2.75) is 26.5 Å². The number of ether oxygens (including phenoxy) is 1. The van der Waals surface area contributed by atoms with E-state index < -0.39 is 0 Å². The third-order valence-electron chi connectivity index (χ3n) is 4.87. The molecule has 3 aromatic rings. The van der Waals surface area contributed by atoms with Crippen LogP contribution in [0.1, 0.15) is 24.4 Å². The zero-order valence-electron chi connectivity index (χ0n) is 16.3. The summed E-state index contributed by atoms with van der Waals surface area (Å²) in [6.07, 6.45) is 0.117. The highest BCUT2D eigenvalue weighted by Gasteiger charge is 2.21. The van der Waals surface area contributed by atoms with E-state index in [0.717, 1.165) is 49.7 Å². The Bertz CT molecular complexity index is 966. The van der Waals surface area contributed by atoms with Crippen LogP contribution in [0.25, 0.3) is 10.2 Å². The van der Waals surface area contributed by atoms with Gasteiger partial charge in [0.25, 0.3) is 0 Å². The highest BCUT2D eigenvalue weighted by Crippen LogP contribution is 2.28. The van der Waals surface area contributed by atoms with Gasteiger partial charge in [-0.1, -0.05) is 12.1 Å². The molecule has 2 heterocycles. The number of hydrogen-bond donors (Lipinski definition) is 0. The Kier molecular flexibility index (Phi) is 5.47. The van der Waals surface area contributed by atoms with Gasteiger partial charge in [0.1, 0.15) is 16.8 Å². The quantitative estimate of drug-likeness (QED) is 0.649. The van der Waals surface area contributed by atoms with Gasteiger partial charge in [0.2, 0.25) is 0 Å². The number of nitrogens with zero attached hydrogens (tertiary/aromatic N) is 4. The minimum atomic E-state index is 0.117. The number of fused-ring (bicyclic) bond motifs is 1. The smallest absolute Gasteiger partial charge is 0.121 e. The maximum atomic E-state index is 9.50. The van der Waals surface area contributed by atoms with E-state index in [2.05, 4.69) is 34.1 Å². The van der Waals surface area contributed by atoms with Crippen molar-refractivity contribution >= 4 is 27.2 Å². The van der Waals surface area contributed by atoms with E-state index in [-0.39, 0.29) is 6.10 Å². The molecule has 0 saturated carbocycles. The van der Waals surface area contributed by atoms with Crippen LogP contribution in [0, 0.1) is 11.3 Å². The highest BCUT2D eigenvalue weighted by molar-refractivity contribution is 7.18. The first kappa shape index (κ1) is 18.7. The maximum Gasteiger partial charge on any atom is 0.121 e. The lowest BCUT2D eigenvalue weighted by Gasteiger charge is -2.36. The molecule has 0 spiro atoms. The molecule has 0 N–H and O–H groups in total. The van der Waals surface area contributed by atoms with Gasteiger partial charge >= 0.3 is 0 Å². The molecule has 0 atom stereocenters. The van der Waals surface area contributed by atoms with Crippen molar-refractivity contribution in [2.24, 2.45) is 0 Å². The van der Waals surface area contributed by atoms with Crippen molar-refractivity contribution in [3.05, 3.63) is 53.0 Å². The summed E-state index contributed by atoms with van der Waals surface area (Å²) in [6.45, 7) is 8.60. The fourth-order valence-corrected chi connectivity index (χ4v) is 4.55. The van der Waals surface area contributed by atoms with E-state index >= 15 is 0 Å². The molecule has 144 valence electrons. The number of piperazine rings is 1. The molecule has 1 aromatic heterocycles. The SMILES string of the molecule is CC(C)Oc1ccc(C#N)c(N2CCN(Cc3nc4ccccc4s3)CC2)c1. The summed E-state index contributed by atoms with van der Waals surface area (Å²) < 4.78 is 7.07. The molecule has 2 aromatic carbocycles. The molecule has 6 heteroatoms. The zero-order valence-corrected chi connectivity index (χ0v) is 17.1. The average molecular weight is 393 g/mol. The number of benzene rings is 2. The predicted molar refractivity (Wildman–Crippen MR) is 114 cm³/mol. The van der Waals surface area contributed by atoms with E-state index in [1.54, 1.807) is 11.3 Å². The Morgan fingerprint density at radius 2 is 1.93 bits per heavy atom. The van der Waals surface area contributed by atoms with Crippen LogP contribution in [-0.2, 0) is 6.54 Å². The number of para-hydroxylation sites is 1. The third kappa shape index (κ3) is 4.11. The summed E-state index contributed by atoms with van der Waals surface area (Å²) in [5.74, 6) is 0.820. The van der Waals surface area contributed by atoms with Gasteiger partial charge in [-0.2, -0.15) is 5.26 Å². The topological polar surface area (TPSA) is 52.4 Å². The molecule has 5 nitrogen and oxygen atoms in total. The molecule has 28 heavy (non-hydrogen) atoms. The standard InChI is InChI=1S/C22H24N4OS/c1-16(2)27-18-8-7-17(14-23)20(13-18)26-11-9-25(10-12-26)15-22-24-19-5-3-4-6-21(19)28-22/h3-8,13,16H,9-12,15H2,1-2H3. The molecule has 0 amide bonds.